The first-order valence-corrected chi connectivity index (χ1v) is 8.40. The van der Waals surface area contributed by atoms with Crippen molar-refractivity contribution < 1.29 is 19.0 Å². The van der Waals surface area contributed by atoms with Crippen LogP contribution in [0.1, 0.15) is 11.1 Å². The molecule has 0 fully saturated rings. The van der Waals surface area contributed by atoms with Crippen LogP contribution in [0.15, 0.2) is 53.2 Å². The van der Waals surface area contributed by atoms with Crippen LogP contribution in [0.25, 0.3) is 12.2 Å². The van der Waals surface area contributed by atoms with Crippen LogP contribution in [-0.4, -0.2) is 18.7 Å². The Kier molecular flexibility index (Phi) is 4.41. The van der Waals surface area contributed by atoms with Crippen molar-refractivity contribution in [3.8, 4) is 11.5 Å². The van der Waals surface area contributed by atoms with E-state index in [9.17, 15) is 4.79 Å². The van der Waals surface area contributed by atoms with Crippen LogP contribution in [0.5, 0.6) is 11.5 Å². The minimum atomic E-state index is -0.528. The van der Waals surface area contributed by atoms with E-state index in [1.165, 1.54) is 0 Å². The molecule has 7 heteroatoms. The summed E-state index contributed by atoms with van der Waals surface area (Å²) in [5.74, 6) is 0.953. The zero-order valence-corrected chi connectivity index (χ0v) is 14.8. The molecule has 4 rings (SSSR count). The number of halogens is 2. The highest BCUT2D eigenvalue weighted by molar-refractivity contribution is 6.42. The first-order valence-electron chi connectivity index (χ1n) is 7.64. The van der Waals surface area contributed by atoms with Crippen molar-refractivity contribution in [3.63, 3.8) is 0 Å². The lowest BCUT2D eigenvalue weighted by Gasteiger charge is -1.99. The van der Waals surface area contributed by atoms with Crippen molar-refractivity contribution in [1.82, 2.24) is 0 Å². The number of benzene rings is 2. The van der Waals surface area contributed by atoms with Gasteiger partial charge in [-0.2, -0.15) is 0 Å². The minimum absolute atomic E-state index is 0.179. The Bertz CT molecular complexity index is 995. The Balaban J connectivity index is 1.57. The second kappa shape index (κ2) is 6.86. The molecule has 130 valence electrons. The molecule has 2 aliphatic heterocycles. The maximum atomic E-state index is 12.0. The number of hydrogen-bond donors (Lipinski definition) is 0. The summed E-state index contributed by atoms with van der Waals surface area (Å²) in [6.07, 6.45) is 4.87. The van der Waals surface area contributed by atoms with Gasteiger partial charge in [-0.3, -0.25) is 0 Å². The number of nitrogens with zero attached hydrogens (tertiary/aromatic N) is 1. The number of ether oxygens (including phenoxy) is 3. The van der Waals surface area contributed by atoms with Crippen LogP contribution in [0, 0.1) is 0 Å². The largest absolute Gasteiger partial charge is 0.454 e. The number of rotatable bonds is 3. The third-order valence-electron chi connectivity index (χ3n) is 3.72. The smallest absolute Gasteiger partial charge is 0.363 e. The molecule has 0 aromatic heterocycles. The molecule has 0 radical (unpaired) electrons. The summed E-state index contributed by atoms with van der Waals surface area (Å²) in [5, 5.41) is 0.869. The normalized spacial score (nSPS) is 17.1. The molecule has 0 amide bonds. The quantitative estimate of drug-likeness (QED) is 0.564. The van der Waals surface area contributed by atoms with Gasteiger partial charge >= 0.3 is 5.97 Å². The standard InChI is InChI=1S/C19H11Cl2NO4/c20-13-3-1-2-12(18(13)21)5-7-17-22-14(19(23)26-17)8-11-4-6-15-16(9-11)25-10-24-15/h1-9H,10H2/b7-5+,14-8+. The van der Waals surface area contributed by atoms with Crippen molar-refractivity contribution in [2.75, 3.05) is 6.79 Å². The Labute approximate surface area is 159 Å². The van der Waals surface area contributed by atoms with Gasteiger partial charge in [0.15, 0.2) is 17.2 Å². The minimum Gasteiger partial charge on any atom is -0.454 e. The van der Waals surface area contributed by atoms with Gasteiger partial charge in [-0.1, -0.05) is 41.4 Å². The number of hydrogen-bond acceptors (Lipinski definition) is 5. The first kappa shape index (κ1) is 16.7. The van der Waals surface area contributed by atoms with Crippen LogP contribution in [-0.2, 0) is 9.53 Å². The maximum absolute atomic E-state index is 12.0. The van der Waals surface area contributed by atoms with Gasteiger partial charge in [-0.15, -0.1) is 0 Å². The third-order valence-corrected chi connectivity index (χ3v) is 4.56. The molecule has 0 saturated carbocycles. The summed E-state index contributed by atoms with van der Waals surface area (Å²) in [6.45, 7) is 0.191. The van der Waals surface area contributed by atoms with Crippen LogP contribution in [0.2, 0.25) is 10.0 Å². The molecule has 0 saturated heterocycles. The summed E-state index contributed by atoms with van der Waals surface area (Å²) >= 11 is 12.1. The number of fused-ring (bicyclic) bond motifs is 1. The van der Waals surface area contributed by atoms with E-state index >= 15 is 0 Å². The Morgan fingerprint density at radius 2 is 1.88 bits per heavy atom. The molecule has 2 aromatic rings. The molecule has 0 bridgehead atoms. The second-order valence-corrected chi connectivity index (χ2v) is 6.24. The molecule has 26 heavy (non-hydrogen) atoms. The van der Waals surface area contributed by atoms with Gasteiger partial charge in [-0.05, 0) is 41.5 Å². The fourth-order valence-corrected chi connectivity index (χ4v) is 2.84. The van der Waals surface area contributed by atoms with Crippen molar-refractivity contribution in [2.45, 2.75) is 0 Å². The maximum Gasteiger partial charge on any atom is 0.363 e. The number of carbonyl (C=O) groups is 1. The Morgan fingerprint density at radius 1 is 1.04 bits per heavy atom. The molecule has 2 aliphatic rings. The van der Waals surface area contributed by atoms with E-state index in [0.717, 1.165) is 5.56 Å². The van der Waals surface area contributed by atoms with Crippen LogP contribution >= 0.6 is 23.2 Å². The fraction of sp³-hybridized carbons (Fsp3) is 0.0526. The predicted octanol–water partition coefficient (Wildman–Crippen LogP) is 4.73. The van der Waals surface area contributed by atoms with Gasteiger partial charge in [0, 0.05) is 6.08 Å². The highest BCUT2D eigenvalue weighted by atomic mass is 35.5. The molecular weight excluding hydrogens is 377 g/mol. The average Bonchev–Trinajstić information content (AvgIpc) is 3.23. The number of carbonyl (C=O) groups excluding carboxylic acids is 1. The van der Waals surface area contributed by atoms with Crippen LogP contribution in [0.4, 0.5) is 0 Å². The Hall–Kier alpha value is -2.76. The molecular formula is C19H11Cl2NO4. The van der Waals surface area contributed by atoms with Gasteiger partial charge in [0.2, 0.25) is 12.7 Å². The lowest BCUT2D eigenvalue weighted by molar-refractivity contribution is -0.129. The highest BCUT2D eigenvalue weighted by Gasteiger charge is 2.22. The van der Waals surface area contributed by atoms with E-state index in [-0.39, 0.29) is 18.4 Å². The number of cyclic esters (lactones) is 1. The topological polar surface area (TPSA) is 57.1 Å². The zero-order valence-electron chi connectivity index (χ0n) is 13.2. The van der Waals surface area contributed by atoms with E-state index in [4.69, 9.17) is 37.4 Å². The molecule has 0 atom stereocenters. The summed E-state index contributed by atoms with van der Waals surface area (Å²) < 4.78 is 15.7. The zero-order chi connectivity index (χ0) is 18.1. The molecule has 0 N–H and O–H groups in total. The van der Waals surface area contributed by atoms with E-state index < -0.39 is 5.97 Å². The number of esters is 1. The van der Waals surface area contributed by atoms with Gasteiger partial charge in [0.05, 0.1) is 10.0 Å². The lowest BCUT2D eigenvalue weighted by atomic mass is 10.1. The molecule has 0 spiro atoms. The highest BCUT2D eigenvalue weighted by Crippen LogP contribution is 2.33. The first-order chi connectivity index (χ1) is 12.6. The molecule has 2 heterocycles. The van der Waals surface area contributed by atoms with Crippen molar-refractivity contribution >= 4 is 47.2 Å². The Morgan fingerprint density at radius 3 is 2.77 bits per heavy atom. The summed E-state index contributed by atoms with van der Waals surface area (Å²) in [7, 11) is 0. The van der Waals surface area contributed by atoms with Gasteiger partial charge in [-0.25, -0.2) is 9.79 Å². The van der Waals surface area contributed by atoms with E-state index in [1.807, 2.05) is 6.07 Å². The van der Waals surface area contributed by atoms with Crippen LogP contribution in [0.3, 0.4) is 0 Å². The predicted molar refractivity (Wildman–Crippen MR) is 99.6 cm³/mol. The van der Waals surface area contributed by atoms with Gasteiger partial charge in [0.1, 0.15) is 0 Å². The van der Waals surface area contributed by atoms with E-state index in [1.54, 1.807) is 48.6 Å². The lowest BCUT2D eigenvalue weighted by Crippen LogP contribution is -2.01. The summed E-state index contributed by atoms with van der Waals surface area (Å²) in [4.78, 5) is 16.2. The summed E-state index contributed by atoms with van der Waals surface area (Å²) in [5.41, 5.74) is 1.65. The molecule has 2 aromatic carbocycles. The van der Waals surface area contributed by atoms with Crippen molar-refractivity contribution in [1.29, 1.82) is 0 Å². The summed E-state index contributed by atoms with van der Waals surface area (Å²) in [6, 6.07) is 10.6. The fourth-order valence-electron chi connectivity index (χ4n) is 2.47. The second-order valence-electron chi connectivity index (χ2n) is 5.46. The molecule has 0 aliphatic carbocycles. The van der Waals surface area contributed by atoms with E-state index in [2.05, 4.69) is 4.99 Å². The van der Waals surface area contributed by atoms with Crippen molar-refractivity contribution in [2.24, 2.45) is 4.99 Å². The van der Waals surface area contributed by atoms with Gasteiger partial charge in [0.25, 0.3) is 0 Å². The average molecular weight is 388 g/mol. The third kappa shape index (κ3) is 3.31. The van der Waals surface area contributed by atoms with Crippen molar-refractivity contribution in [3.05, 3.63) is 69.3 Å². The van der Waals surface area contributed by atoms with E-state index in [0.29, 0.717) is 27.1 Å². The number of aliphatic imine (C=N–C) groups is 1. The molecule has 0 unspecified atom stereocenters. The van der Waals surface area contributed by atoms with Crippen LogP contribution < -0.4 is 9.47 Å². The molecule has 5 nitrogen and oxygen atoms in total. The van der Waals surface area contributed by atoms with Gasteiger partial charge < -0.3 is 14.2 Å². The monoisotopic (exact) mass is 387 g/mol. The SMILES string of the molecule is O=C1OC(/C=C/c2cccc(Cl)c2Cl)=NC/1=C/c1ccc2c(c1)OCO2.